The van der Waals surface area contributed by atoms with Crippen molar-refractivity contribution in [1.29, 1.82) is 0 Å². The van der Waals surface area contributed by atoms with Crippen LogP contribution in [0.5, 0.6) is 0 Å². The minimum atomic E-state index is -0.592. The van der Waals surface area contributed by atoms with E-state index in [-0.39, 0.29) is 43.1 Å². The highest BCUT2D eigenvalue weighted by Gasteiger charge is 2.39. The first-order chi connectivity index (χ1) is 19.6. The van der Waals surface area contributed by atoms with E-state index in [2.05, 4.69) is 34.3 Å². The summed E-state index contributed by atoms with van der Waals surface area (Å²) in [7, 11) is 0. The van der Waals surface area contributed by atoms with Crippen molar-refractivity contribution in [3.05, 3.63) is 23.9 Å². The molecule has 1 N–H and O–H groups in total. The summed E-state index contributed by atoms with van der Waals surface area (Å²) in [4.78, 5) is 42.1. The number of pyridine rings is 1. The molecule has 2 heterocycles. The number of aryl methyl sites for hydroxylation is 1. The smallest absolute Gasteiger partial charge is 0.302 e. The van der Waals surface area contributed by atoms with E-state index < -0.39 is 5.41 Å². The SMILES string of the molecule is CC(=O)OCCC(CCC1(CCN2CCC(Nc3ccc(C)cn3)CC2)CCCCC1)(COC(C)=O)COC(C)=O. The number of carbonyl (C=O) groups excluding carboxylic acids is 3. The second kappa shape index (κ2) is 16.1. The van der Waals surface area contributed by atoms with Crippen LogP contribution in [-0.4, -0.2) is 73.3 Å². The Morgan fingerprint density at radius 2 is 1.56 bits per heavy atom. The normalized spacial score (nSPS) is 18.0. The van der Waals surface area contributed by atoms with Crippen molar-refractivity contribution in [2.24, 2.45) is 10.8 Å². The number of nitrogens with one attached hydrogen (secondary N) is 1. The van der Waals surface area contributed by atoms with Gasteiger partial charge < -0.3 is 24.4 Å². The second-order valence-corrected chi connectivity index (χ2v) is 12.4. The van der Waals surface area contributed by atoms with Crippen LogP contribution in [0.15, 0.2) is 18.3 Å². The number of carbonyl (C=O) groups is 3. The minimum Gasteiger partial charge on any atom is -0.466 e. The van der Waals surface area contributed by atoms with Crippen molar-refractivity contribution >= 4 is 23.7 Å². The van der Waals surface area contributed by atoms with E-state index >= 15 is 0 Å². The Morgan fingerprint density at radius 3 is 2.12 bits per heavy atom. The first-order valence-corrected chi connectivity index (χ1v) is 15.4. The molecule has 41 heavy (non-hydrogen) atoms. The summed E-state index contributed by atoms with van der Waals surface area (Å²) in [6.07, 6.45) is 13.5. The number of likely N-dealkylation sites (tertiary alicyclic amines) is 1. The third-order valence-electron chi connectivity index (χ3n) is 9.01. The predicted octanol–water partition coefficient (Wildman–Crippen LogP) is 5.45. The second-order valence-electron chi connectivity index (χ2n) is 12.4. The van der Waals surface area contributed by atoms with Crippen LogP contribution in [0.4, 0.5) is 5.82 Å². The third kappa shape index (κ3) is 11.6. The molecular formula is C32H51N3O6. The maximum atomic E-state index is 11.8. The molecule has 0 aromatic carbocycles. The van der Waals surface area contributed by atoms with Crippen molar-refractivity contribution in [2.45, 2.75) is 104 Å². The fraction of sp³-hybridized carbons (Fsp3) is 0.750. The molecule has 3 rings (SSSR count). The van der Waals surface area contributed by atoms with Crippen LogP contribution in [-0.2, 0) is 28.6 Å². The van der Waals surface area contributed by atoms with Crippen molar-refractivity contribution in [1.82, 2.24) is 9.88 Å². The lowest BCUT2D eigenvalue weighted by atomic mass is 9.66. The highest BCUT2D eigenvalue weighted by Crippen LogP contribution is 2.46. The zero-order chi connectivity index (χ0) is 29.7. The van der Waals surface area contributed by atoms with Gasteiger partial charge in [0.05, 0.1) is 6.61 Å². The van der Waals surface area contributed by atoms with Gasteiger partial charge in [-0.2, -0.15) is 0 Å². The molecule has 1 aromatic heterocycles. The zero-order valence-electron chi connectivity index (χ0n) is 25.7. The van der Waals surface area contributed by atoms with Gasteiger partial charge in [-0.05, 0) is 81.9 Å². The number of ether oxygens (including phenoxy) is 3. The average molecular weight is 574 g/mol. The Kier molecular flexibility index (Phi) is 12.9. The van der Waals surface area contributed by atoms with Crippen molar-refractivity contribution < 1.29 is 28.6 Å². The van der Waals surface area contributed by atoms with Crippen molar-refractivity contribution in [3.8, 4) is 0 Å². The third-order valence-corrected chi connectivity index (χ3v) is 9.01. The number of nitrogens with zero attached hydrogens (tertiary/aromatic N) is 2. The Bertz CT molecular complexity index is 950. The van der Waals surface area contributed by atoms with Gasteiger partial charge in [0.25, 0.3) is 0 Å². The summed E-state index contributed by atoms with van der Waals surface area (Å²) in [6, 6.07) is 4.60. The lowest BCUT2D eigenvalue weighted by molar-refractivity contribution is -0.156. The van der Waals surface area contributed by atoms with E-state index in [9.17, 15) is 14.4 Å². The Labute approximate surface area is 246 Å². The molecule has 2 aliphatic rings. The van der Waals surface area contributed by atoms with Crippen molar-refractivity contribution in [2.75, 3.05) is 44.8 Å². The molecule has 0 atom stereocenters. The van der Waals surface area contributed by atoms with Gasteiger partial charge in [-0.15, -0.1) is 0 Å². The van der Waals surface area contributed by atoms with Gasteiger partial charge in [-0.25, -0.2) is 4.98 Å². The van der Waals surface area contributed by atoms with Crippen LogP contribution in [0.25, 0.3) is 0 Å². The summed E-state index contributed by atoms with van der Waals surface area (Å²) >= 11 is 0. The van der Waals surface area contributed by atoms with Crippen LogP contribution in [0.3, 0.4) is 0 Å². The summed E-state index contributed by atoms with van der Waals surface area (Å²) < 4.78 is 16.3. The Morgan fingerprint density at radius 1 is 0.927 bits per heavy atom. The average Bonchev–Trinajstić information content (AvgIpc) is 2.95. The molecule has 0 amide bonds. The molecule has 0 unspecified atom stereocenters. The van der Waals surface area contributed by atoms with Gasteiger partial charge in [0, 0.05) is 51.5 Å². The molecule has 1 aliphatic heterocycles. The van der Waals surface area contributed by atoms with E-state index in [1.807, 2.05) is 6.20 Å². The van der Waals surface area contributed by atoms with E-state index in [0.717, 1.165) is 57.6 Å². The zero-order valence-corrected chi connectivity index (χ0v) is 25.7. The van der Waals surface area contributed by atoms with E-state index in [0.29, 0.717) is 12.5 Å². The number of hydrogen-bond donors (Lipinski definition) is 1. The maximum absolute atomic E-state index is 11.8. The lowest BCUT2D eigenvalue weighted by Crippen LogP contribution is -2.42. The topological polar surface area (TPSA) is 107 Å². The quantitative estimate of drug-likeness (QED) is 0.216. The monoisotopic (exact) mass is 573 g/mol. The number of aromatic nitrogens is 1. The summed E-state index contributed by atoms with van der Waals surface area (Å²) in [5.74, 6) is -0.132. The Balaban J connectivity index is 1.61. The first kappa shape index (κ1) is 32.8. The summed E-state index contributed by atoms with van der Waals surface area (Å²) in [5, 5.41) is 3.60. The summed E-state index contributed by atoms with van der Waals surface area (Å²) in [5.41, 5.74) is 0.783. The van der Waals surface area contributed by atoms with Crippen LogP contribution in [0, 0.1) is 17.8 Å². The fourth-order valence-corrected chi connectivity index (χ4v) is 6.29. The number of piperidine rings is 1. The Hall–Kier alpha value is -2.68. The fourth-order valence-electron chi connectivity index (χ4n) is 6.29. The van der Waals surface area contributed by atoms with Gasteiger partial charge >= 0.3 is 17.9 Å². The molecule has 230 valence electrons. The van der Waals surface area contributed by atoms with E-state index in [1.54, 1.807) is 0 Å². The molecular weight excluding hydrogens is 522 g/mol. The molecule has 1 saturated carbocycles. The van der Waals surface area contributed by atoms with Crippen molar-refractivity contribution in [3.63, 3.8) is 0 Å². The molecule has 1 aliphatic carbocycles. The van der Waals surface area contributed by atoms with Crippen LogP contribution >= 0.6 is 0 Å². The van der Waals surface area contributed by atoms with Crippen LogP contribution in [0.1, 0.15) is 97.0 Å². The lowest BCUT2D eigenvalue weighted by Gasteiger charge is -2.43. The first-order valence-electron chi connectivity index (χ1n) is 15.4. The maximum Gasteiger partial charge on any atom is 0.302 e. The highest BCUT2D eigenvalue weighted by molar-refractivity contribution is 5.66. The van der Waals surface area contributed by atoms with Gasteiger partial charge in [-0.1, -0.05) is 25.3 Å². The van der Waals surface area contributed by atoms with Gasteiger partial charge in [0.1, 0.15) is 19.0 Å². The summed E-state index contributed by atoms with van der Waals surface area (Å²) in [6.45, 7) is 9.92. The standard InChI is InChI=1S/C32H51N3O6/c1-25-8-9-30(33-22-25)34-29-10-18-35(19-11-29)20-16-31(12-6-5-7-13-31)14-15-32(23-40-27(3)37,24-41-28(4)38)17-21-39-26(2)36/h8-9,22,29H,5-7,10-21,23-24H2,1-4H3,(H,33,34). The number of esters is 3. The predicted molar refractivity (Wildman–Crippen MR) is 158 cm³/mol. The molecule has 0 radical (unpaired) electrons. The molecule has 2 fully saturated rings. The largest absolute Gasteiger partial charge is 0.466 e. The minimum absolute atomic E-state index is 0.142. The van der Waals surface area contributed by atoms with E-state index in [4.69, 9.17) is 14.2 Å². The number of rotatable bonds is 15. The molecule has 0 spiro atoms. The molecule has 1 aromatic rings. The van der Waals surface area contributed by atoms with Gasteiger partial charge in [0.2, 0.25) is 0 Å². The van der Waals surface area contributed by atoms with E-state index in [1.165, 1.54) is 58.4 Å². The molecule has 9 nitrogen and oxygen atoms in total. The highest BCUT2D eigenvalue weighted by atomic mass is 16.5. The number of anilines is 1. The molecule has 9 heteroatoms. The molecule has 1 saturated heterocycles. The van der Waals surface area contributed by atoms with Crippen LogP contribution in [0.2, 0.25) is 0 Å². The number of hydrogen-bond acceptors (Lipinski definition) is 9. The molecule has 0 bridgehead atoms. The van der Waals surface area contributed by atoms with Gasteiger partial charge in [-0.3, -0.25) is 14.4 Å². The van der Waals surface area contributed by atoms with Gasteiger partial charge in [0.15, 0.2) is 0 Å². The van der Waals surface area contributed by atoms with Crippen LogP contribution < -0.4 is 5.32 Å².